The van der Waals surface area contributed by atoms with Gasteiger partial charge in [-0.05, 0) is 43.5 Å². The molecule has 1 aliphatic rings. The lowest BCUT2D eigenvalue weighted by Crippen LogP contribution is -2.37. The van der Waals surface area contributed by atoms with Crippen LogP contribution in [0.3, 0.4) is 0 Å². The van der Waals surface area contributed by atoms with Gasteiger partial charge in [0.1, 0.15) is 0 Å². The van der Waals surface area contributed by atoms with Gasteiger partial charge in [0.15, 0.2) is 5.96 Å². The first-order chi connectivity index (χ1) is 12.5. The quantitative estimate of drug-likeness (QED) is 0.218. The number of nitrogens with zero attached hydrogens (tertiary/aromatic N) is 1. The molecule has 27 heavy (non-hydrogen) atoms. The molecule has 0 heterocycles. The number of halogens is 1. The molecule has 0 aromatic heterocycles. The van der Waals surface area contributed by atoms with Crippen LogP contribution >= 0.6 is 24.0 Å². The zero-order chi connectivity index (χ0) is 18.8. The first-order valence-corrected chi connectivity index (χ1v) is 11.0. The summed E-state index contributed by atoms with van der Waals surface area (Å²) >= 11 is 0. The van der Waals surface area contributed by atoms with Crippen molar-refractivity contribution in [2.45, 2.75) is 56.4 Å². The highest BCUT2D eigenvalue weighted by atomic mass is 127. The van der Waals surface area contributed by atoms with Crippen molar-refractivity contribution in [3.05, 3.63) is 29.8 Å². The Morgan fingerprint density at radius 3 is 2.37 bits per heavy atom. The molecule has 0 amide bonds. The molecule has 154 valence electrons. The third kappa shape index (κ3) is 8.35. The maximum Gasteiger partial charge on any atom is 0.240 e. The molecule has 0 radical (unpaired) electrons. The highest BCUT2D eigenvalue weighted by Gasteiger charge is 2.13. The molecule has 0 bridgehead atoms. The predicted molar refractivity (Wildman–Crippen MR) is 122 cm³/mol. The minimum absolute atomic E-state index is 0. The third-order valence-corrected chi connectivity index (χ3v) is 6.42. The van der Waals surface area contributed by atoms with Crippen molar-refractivity contribution in [3.8, 4) is 0 Å². The van der Waals surface area contributed by atoms with Gasteiger partial charge < -0.3 is 10.6 Å². The van der Waals surface area contributed by atoms with Crippen molar-refractivity contribution in [1.29, 1.82) is 0 Å². The van der Waals surface area contributed by atoms with Crippen molar-refractivity contribution in [2.24, 2.45) is 10.9 Å². The van der Waals surface area contributed by atoms with Crippen molar-refractivity contribution in [1.82, 2.24) is 15.4 Å². The van der Waals surface area contributed by atoms with Crippen LogP contribution in [0.15, 0.2) is 34.2 Å². The van der Waals surface area contributed by atoms with Gasteiger partial charge >= 0.3 is 0 Å². The number of aliphatic imine (C=N–C) groups is 1. The van der Waals surface area contributed by atoms with E-state index in [1.54, 1.807) is 19.2 Å². The Bertz CT molecular complexity index is 671. The second-order valence-electron chi connectivity index (χ2n) is 6.85. The Hall–Kier alpha value is -0.870. The number of hydrogen-bond donors (Lipinski definition) is 3. The van der Waals surface area contributed by atoms with Gasteiger partial charge in [0, 0.05) is 20.1 Å². The van der Waals surface area contributed by atoms with Crippen LogP contribution in [-0.4, -0.2) is 35.0 Å². The molecule has 0 atom stereocenters. The Morgan fingerprint density at radius 2 is 1.78 bits per heavy atom. The summed E-state index contributed by atoms with van der Waals surface area (Å²) in [6, 6.07) is 6.85. The van der Waals surface area contributed by atoms with Crippen LogP contribution in [0.4, 0.5) is 0 Å². The van der Waals surface area contributed by atoms with E-state index in [1.165, 1.54) is 52.0 Å². The summed E-state index contributed by atoms with van der Waals surface area (Å²) in [5.74, 6) is 1.69. The second kappa shape index (κ2) is 12.6. The SMILES string of the molecule is CN=C(NCCCC1CCCCC1)NCc1ccc(S(=O)(=O)NC)cc1.I. The van der Waals surface area contributed by atoms with Gasteiger partial charge in [0.25, 0.3) is 0 Å². The molecule has 0 unspecified atom stereocenters. The fourth-order valence-corrected chi connectivity index (χ4v) is 4.11. The zero-order valence-corrected chi connectivity index (χ0v) is 19.5. The van der Waals surface area contributed by atoms with Crippen LogP contribution in [0.5, 0.6) is 0 Å². The topological polar surface area (TPSA) is 82.6 Å². The molecule has 0 aliphatic heterocycles. The van der Waals surface area contributed by atoms with E-state index in [4.69, 9.17) is 0 Å². The van der Waals surface area contributed by atoms with Crippen LogP contribution in [0.2, 0.25) is 0 Å². The van der Waals surface area contributed by atoms with Gasteiger partial charge in [0.2, 0.25) is 10.0 Å². The Balaban J connectivity index is 0.00000364. The summed E-state index contributed by atoms with van der Waals surface area (Å²) in [5, 5.41) is 6.63. The van der Waals surface area contributed by atoms with Gasteiger partial charge in [-0.1, -0.05) is 44.2 Å². The molecule has 8 heteroatoms. The summed E-state index contributed by atoms with van der Waals surface area (Å²) in [5.41, 5.74) is 1.00. The van der Waals surface area contributed by atoms with Gasteiger partial charge in [0.05, 0.1) is 4.90 Å². The molecule has 2 rings (SSSR count). The molecule has 1 fully saturated rings. The summed E-state index contributed by atoms with van der Waals surface area (Å²) in [6.07, 6.45) is 9.46. The molecule has 1 saturated carbocycles. The molecular formula is C19H33IN4O2S. The van der Waals surface area contributed by atoms with E-state index in [2.05, 4.69) is 20.3 Å². The molecule has 1 aromatic rings. The second-order valence-corrected chi connectivity index (χ2v) is 8.74. The first kappa shape index (κ1) is 24.2. The van der Waals surface area contributed by atoms with E-state index < -0.39 is 10.0 Å². The van der Waals surface area contributed by atoms with Crippen LogP contribution in [0, 0.1) is 5.92 Å². The largest absolute Gasteiger partial charge is 0.356 e. The molecule has 0 spiro atoms. The number of hydrogen-bond acceptors (Lipinski definition) is 3. The molecule has 1 aromatic carbocycles. The summed E-state index contributed by atoms with van der Waals surface area (Å²) in [6.45, 7) is 1.53. The minimum atomic E-state index is -3.38. The van der Waals surface area contributed by atoms with Gasteiger partial charge in [-0.3, -0.25) is 4.99 Å². The standard InChI is InChI=1S/C19H32N4O2S.HI/c1-20-19(22-14-6-9-16-7-4-3-5-8-16)23-15-17-10-12-18(13-11-17)26(24,25)21-2;/h10-13,16,21H,3-9,14-15H2,1-2H3,(H2,20,22,23);1H. The van der Waals surface area contributed by atoms with E-state index in [0.717, 1.165) is 24.0 Å². The monoisotopic (exact) mass is 508 g/mol. The highest BCUT2D eigenvalue weighted by Crippen LogP contribution is 2.26. The molecule has 1 aliphatic carbocycles. The summed E-state index contributed by atoms with van der Waals surface area (Å²) in [7, 11) is -0.207. The highest BCUT2D eigenvalue weighted by molar-refractivity contribution is 14.0. The van der Waals surface area contributed by atoms with Crippen molar-refractivity contribution >= 4 is 40.0 Å². The fourth-order valence-electron chi connectivity index (χ4n) is 3.38. The lowest BCUT2D eigenvalue weighted by molar-refractivity contribution is 0.332. The average Bonchev–Trinajstić information content (AvgIpc) is 2.68. The van der Waals surface area contributed by atoms with E-state index in [9.17, 15) is 8.42 Å². The summed E-state index contributed by atoms with van der Waals surface area (Å²) in [4.78, 5) is 4.52. The number of nitrogens with one attached hydrogen (secondary N) is 3. The number of benzene rings is 1. The van der Waals surface area contributed by atoms with Crippen LogP contribution < -0.4 is 15.4 Å². The van der Waals surface area contributed by atoms with E-state index >= 15 is 0 Å². The van der Waals surface area contributed by atoms with Gasteiger partial charge in [-0.15, -0.1) is 24.0 Å². The maximum atomic E-state index is 11.7. The lowest BCUT2D eigenvalue weighted by atomic mass is 9.86. The van der Waals surface area contributed by atoms with E-state index in [1.807, 2.05) is 12.1 Å². The predicted octanol–water partition coefficient (Wildman–Crippen LogP) is 3.24. The molecule has 0 saturated heterocycles. The van der Waals surface area contributed by atoms with E-state index in [0.29, 0.717) is 6.54 Å². The normalized spacial score (nSPS) is 15.9. The number of guanidine groups is 1. The minimum Gasteiger partial charge on any atom is -0.356 e. The average molecular weight is 508 g/mol. The smallest absolute Gasteiger partial charge is 0.240 e. The Labute approximate surface area is 181 Å². The van der Waals surface area contributed by atoms with Gasteiger partial charge in [-0.25, -0.2) is 13.1 Å². The van der Waals surface area contributed by atoms with Gasteiger partial charge in [-0.2, -0.15) is 0 Å². The van der Waals surface area contributed by atoms with Crippen LogP contribution in [-0.2, 0) is 16.6 Å². The maximum absolute atomic E-state index is 11.7. The lowest BCUT2D eigenvalue weighted by Gasteiger charge is -2.21. The third-order valence-electron chi connectivity index (χ3n) is 4.99. The van der Waals surface area contributed by atoms with Crippen LogP contribution in [0.25, 0.3) is 0 Å². The van der Waals surface area contributed by atoms with Crippen molar-refractivity contribution < 1.29 is 8.42 Å². The Kier molecular flexibility index (Phi) is 11.2. The Morgan fingerprint density at radius 1 is 1.11 bits per heavy atom. The molecular weight excluding hydrogens is 475 g/mol. The van der Waals surface area contributed by atoms with Crippen molar-refractivity contribution in [2.75, 3.05) is 20.6 Å². The number of rotatable bonds is 8. The zero-order valence-electron chi connectivity index (χ0n) is 16.3. The first-order valence-electron chi connectivity index (χ1n) is 9.52. The fraction of sp³-hybridized carbons (Fsp3) is 0.632. The van der Waals surface area contributed by atoms with Crippen molar-refractivity contribution in [3.63, 3.8) is 0 Å². The van der Waals surface area contributed by atoms with Crippen LogP contribution in [0.1, 0.15) is 50.5 Å². The van der Waals surface area contributed by atoms with E-state index in [-0.39, 0.29) is 28.9 Å². The summed E-state index contributed by atoms with van der Waals surface area (Å²) < 4.78 is 25.8. The molecule has 3 N–H and O–H groups in total. The molecule has 6 nitrogen and oxygen atoms in total. The number of sulfonamides is 1.